The minimum Gasteiger partial charge on any atom is -0.457 e. The third kappa shape index (κ3) is 4.32. The van der Waals surface area contributed by atoms with E-state index in [2.05, 4.69) is 6.08 Å². The van der Waals surface area contributed by atoms with Crippen LogP contribution in [0.1, 0.15) is 29.3 Å². The first-order valence-electron chi connectivity index (χ1n) is 12.8. The largest absolute Gasteiger partial charge is 0.457 e. The molecule has 2 amide bonds. The molecule has 2 aliphatic carbocycles. The minimum absolute atomic E-state index is 0.0192. The molecule has 40 heavy (non-hydrogen) atoms. The number of imide groups is 1. The number of allylic oxidation sites excluding steroid dienone is 2. The lowest BCUT2D eigenvalue weighted by molar-refractivity contribution is -0.385. The number of nitro groups is 1. The van der Waals surface area contributed by atoms with Crippen LogP contribution in [-0.4, -0.2) is 22.7 Å². The second-order valence-electron chi connectivity index (χ2n) is 10.2. The first kappa shape index (κ1) is 25.8. The van der Waals surface area contributed by atoms with Crippen molar-refractivity contribution in [2.45, 2.75) is 20.0 Å². The fourth-order valence-corrected chi connectivity index (χ4v) is 6.23. The van der Waals surface area contributed by atoms with Crippen molar-refractivity contribution in [1.82, 2.24) is 0 Å². The minimum atomic E-state index is -0.574. The number of para-hydroxylation sites is 1. The van der Waals surface area contributed by atoms with Crippen LogP contribution in [-0.2, 0) is 20.9 Å². The molecule has 9 nitrogen and oxygen atoms in total. The predicted molar refractivity (Wildman–Crippen MR) is 145 cm³/mol. The highest BCUT2D eigenvalue weighted by molar-refractivity contribution is 6.32. The number of carbonyl (C=O) groups excluding carboxylic acids is 3. The summed E-state index contributed by atoms with van der Waals surface area (Å²) in [5.41, 5.74) is 2.35. The Balaban J connectivity index is 1.07. The second-order valence-corrected chi connectivity index (χ2v) is 10.6. The number of amides is 2. The summed E-state index contributed by atoms with van der Waals surface area (Å²) < 4.78 is 11.0. The van der Waals surface area contributed by atoms with Crippen LogP contribution < -0.4 is 9.64 Å². The van der Waals surface area contributed by atoms with Crippen molar-refractivity contribution >= 4 is 40.8 Å². The quantitative estimate of drug-likeness (QED) is 0.113. The zero-order valence-electron chi connectivity index (χ0n) is 21.3. The van der Waals surface area contributed by atoms with Gasteiger partial charge in [-0.05, 0) is 73.2 Å². The van der Waals surface area contributed by atoms with Crippen LogP contribution in [0.15, 0.2) is 78.4 Å². The van der Waals surface area contributed by atoms with Gasteiger partial charge >= 0.3 is 11.7 Å². The van der Waals surface area contributed by atoms with Crippen molar-refractivity contribution in [3.63, 3.8) is 0 Å². The Morgan fingerprint density at radius 1 is 1.02 bits per heavy atom. The molecule has 0 N–H and O–H groups in total. The van der Waals surface area contributed by atoms with Gasteiger partial charge < -0.3 is 9.47 Å². The molecule has 10 heteroatoms. The van der Waals surface area contributed by atoms with Crippen molar-refractivity contribution in [3.05, 3.63) is 105 Å². The smallest absolute Gasteiger partial charge is 0.338 e. The topological polar surface area (TPSA) is 116 Å². The van der Waals surface area contributed by atoms with Crippen LogP contribution in [0.25, 0.3) is 0 Å². The molecule has 0 spiro atoms. The molecule has 1 saturated heterocycles. The summed E-state index contributed by atoms with van der Waals surface area (Å²) in [7, 11) is 0. The summed E-state index contributed by atoms with van der Waals surface area (Å²) in [4.78, 5) is 50.8. The average Bonchev–Trinajstić information content (AvgIpc) is 3.59. The van der Waals surface area contributed by atoms with Gasteiger partial charge in [0, 0.05) is 6.07 Å². The number of carbonyl (C=O) groups is 3. The Labute approximate surface area is 234 Å². The Morgan fingerprint density at radius 3 is 2.42 bits per heavy atom. The molecule has 0 unspecified atom stereocenters. The van der Waals surface area contributed by atoms with E-state index in [0.29, 0.717) is 17.0 Å². The fourth-order valence-electron chi connectivity index (χ4n) is 6.02. The highest BCUT2D eigenvalue weighted by Crippen LogP contribution is 2.55. The van der Waals surface area contributed by atoms with E-state index in [1.807, 2.05) is 6.92 Å². The molecule has 4 atom stereocenters. The predicted octanol–water partition coefficient (Wildman–Crippen LogP) is 6.10. The monoisotopic (exact) mass is 558 g/mol. The number of anilines is 1. The van der Waals surface area contributed by atoms with Crippen molar-refractivity contribution in [2.24, 2.45) is 23.7 Å². The van der Waals surface area contributed by atoms with Crippen LogP contribution in [0.5, 0.6) is 11.5 Å². The van der Waals surface area contributed by atoms with Crippen molar-refractivity contribution in [3.8, 4) is 11.5 Å². The number of esters is 1. The lowest BCUT2D eigenvalue weighted by atomic mass is 9.82. The van der Waals surface area contributed by atoms with Crippen LogP contribution >= 0.6 is 11.6 Å². The van der Waals surface area contributed by atoms with Gasteiger partial charge in [-0.1, -0.05) is 41.4 Å². The van der Waals surface area contributed by atoms with Crippen molar-refractivity contribution in [1.29, 1.82) is 0 Å². The summed E-state index contributed by atoms with van der Waals surface area (Å²) in [6.45, 7) is 2.01. The van der Waals surface area contributed by atoms with Gasteiger partial charge in [-0.25, -0.2) is 4.79 Å². The number of halogens is 1. The molecule has 2 fully saturated rings. The van der Waals surface area contributed by atoms with Gasteiger partial charge in [0.1, 0.15) is 12.4 Å². The van der Waals surface area contributed by atoms with E-state index in [1.165, 1.54) is 40.8 Å². The van der Waals surface area contributed by atoms with Gasteiger partial charge in [0.15, 0.2) is 0 Å². The third-order valence-corrected chi connectivity index (χ3v) is 8.20. The van der Waals surface area contributed by atoms with E-state index >= 15 is 0 Å². The summed E-state index contributed by atoms with van der Waals surface area (Å²) in [5, 5.41) is 11.4. The van der Waals surface area contributed by atoms with E-state index in [0.717, 1.165) is 6.42 Å². The molecule has 2 bridgehead atoms. The summed E-state index contributed by atoms with van der Waals surface area (Å²) >= 11 is 6.07. The van der Waals surface area contributed by atoms with E-state index < -0.39 is 10.9 Å². The highest BCUT2D eigenvalue weighted by Gasteiger charge is 2.60. The molecular formula is C30H23ClN2O7. The second kappa shape index (κ2) is 9.91. The number of benzene rings is 3. The Kier molecular flexibility index (Phi) is 6.38. The molecular weight excluding hydrogens is 536 g/mol. The van der Waals surface area contributed by atoms with Gasteiger partial charge in [0.05, 0.1) is 33.0 Å². The average molecular weight is 559 g/mol. The summed E-state index contributed by atoms with van der Waals surface area (Å²) in [6, 6.07) is 17.0. The van der Waals surface area contributed by atoms with Gasteiger partial charge in [0.25, 0.3) is 0 Å². The molecule has 3 aromatic carbocycles. The Morgan fingerprint density at radius 2 is 1.73 bits per heavy atom. The van der Waals surface area contributed by atoms with Crippen LogP contribution in [0, 0.1) is 33.8 Å². The van der Waals surface area contributed by atoms with Gasteiger partial charge in [-0.2, -0.15) is 0 Å². The lowest BCUT2D eigenvalue weighted by Gasteiger charge is -2.19. The van der Waals surface area contributed by atoms with E-state index in [1.54, 1.807) is 36.4 Å². The fraction of sp³-hybridized carbons (Fsp3) is 0.233. The molecule has 1 heterocycles. The SMILES string of the molecule is CC1=C[C@@H]2C[C@H]1[C@@H]1C(=O)N(c3ccc(C(=O)OCc4ccc(Oc5c(Cl)cccc5[N+](=O)[O-])cc4)cc3)C(=O)[C@H]12. The van der Waals surface area contributed by atoms with Crippen LogP contribution in [0.3, 0.4) is 0 Å². The lowest BCUT2D eigenvalue weighted by Crippen LogP contribution is -2.32. The maximum atomic E-state index is 13.1. The Bertz CT molecular complexity index is 1580. The number of hydrogen-bond donors (Lipinski definition) is 0. The first-order chi connectivity index (χ1) is 19.2. The normalized spacial score (nSPS) is 22.8. The standard InChI is InChI=1S/C30H23ClN2O7/c1-16-13-19-14-22(16)26-25(19)28(34)32(29(26)35)20-9-7-18(8-10-20)30(36)39-15-17-5-11-21(12-6-17)40-27-23(31)3-2-4-24(27)33(37)38/h2-13,19,22,25-26H,14-15H2,1H3/t19-,22-,25+,26+/m1/s1. The molecule has 3 aliphatic rings. The molecule has 1 aliphatic heterocycles. The number of nitro benzene ring substituents is 1. The Hall–Kier alpha value is -4.50. The number of rotatable bonds is 7. The first-order valence-corrected chi connectivity index (χ1v) is 13.1. The van der Waals surface area contributed by atoms with E-state index in [9.17, 15) is 24.5 Å². The number of ether oxygens (including phenoxy) is 2. The zero-order chi connectivity index (χ0) is 28.1. The van der Waals surface area contributed by atoms with E-state index in [4.69, 9.17) is 21.1 Å². The maximum Gasteiger partial charge on any atom is 0.338 e. The van der Waals surface area contributed by atoms with Crippen molar-refractivity contribution in [2.75, 3.05) is 4.90 Å². The van der Waals surface area contributed by atoms with Gasteiger partial charge in [-0.15, -0.1) is 0 Å². The molecule has 202 valence electrons. The zero-order valence-corrected chi connectivity index (χ0v) is 22.0. The number of nitrogens with zero attached hydrogens (tertiary/aromatic N) is 2. The number of fused-ring (bicyclic) bond motifs is 5. The van der Waals surface area contributed by atoms with Gasteiger partial charge in [-0.3, -0.25) is 24.6 Å². The molecule has 1 saturated carbocycles. The number of hydrogen-bond acceptors (Lipinski definition) is 7. The summed E-state index contributed by atoms with van der Waals surface area (Å²) in [5.74, 6) is -0.937. The summed E-state index contributed by atoms with van der Waals surface area (Å²) in [6.07, 6.45) is 3.00. The third-order valence-electron chi connectivity index (χ3n) is 7.90. The maximum absolute atomic E-state index is 13.1. The van der Waals surface area contributed by atoms with Crippen LogP contribution in [0.4, 0.5) is 11.4 Å². The van der Waals surface area contributed by atoms with E-state index in [-0.39, 0.29) is 64.1 Å². The molecule has 3 aromatic rings. The molecule has 0 aromatic heterocycles. The van der Waals surface area contributed by atoms with Crippen molar-refractivity contribution < 1.29 is 28.8 Å². The molecule has 0 radical (unpaired) electrons. The molecule has 6 rings (SSSR count). The highest BCUT2D eigenvalue weighted by atomic mass is 35.5. The van der Waals surface area contributed by atoms with Gasteiger partial charge in [0.2, 0.25) is 17.6 Å². The van der Waals surface area contributed by atoms with Crippen LogP contribution in [0.2, 0.25) is 5.02 Å².